The summed E-state index contributed by atoms with van der Waals surface area (Å²) < 4.78 is 0. The first-order valence-electron chi connectivity index (χ1n) is 4.57. The molecule has 0 spiro atoms. The van der Waals surface area contributed by atoms with Crippen LogP contribution in [0.5, 0.6) is 0 Å². The van der Waals surface area contributed by atoms with Gasteiger partial charge in [-0.15, -0.1) is 0 Å². The van der Waals surface area contributed by atoms with Crippen LogP contribution in [0.25, 0.3) is 0 Å². The summed E-state index contributed by atoms with van der Waals surface area (Å²) in [6, 6.07) is 0. The summed E-state index contributed by atoms with van der Waals surface area (Å²) in [5.41, 5.74) is 0. The summed E-state index contributed by atoms with van der Waals surface area (Å²) in [5.74, 6) is -3.73. The Labute approximate surface area is 83.2 Å². The molecule has 0 saturated carbocycles. The van der Waals surface area contributed by atoms with Crippen molar-refractivity contribution in [2.45, 2.75) is 26.7 Å². The lowest BCUT2D eigenvalue weighted by molar-refractivity contribution is -0.153. The van der Waals surface area contributed by atoms with Gasteiger partial charge in [-0.1, -0.05) is 19.1 Å². The lowest BCUT2D eigenvalue weighted by Crippen LogP contribution is -2.27. The van der Waals surface area contributed by atoms with Gasteiger partial charge in [-0.2, -0.15) is 0 Å². The number of hydrogen-bond donors (Lipinski definition) is 2. The fourth-order valence-corrected chi connectivity index (χ4v) is 1.20. The standard InChI is InChI=1S/C10H16O4/c1-3-4-5-6-8(10(13)14)7(2)9(11)12/h3-4,7-8H,5-6H2,1-2H3,(H,11,12)(H,13,14). The fourth-order valence-electron chi connectivity index (χ4n) is 1.20. The topological polar surface area (TPSA) is 74.6 Å². The van der Waals surface area contributed by atoms with Gasteiger partial charge in [-0.05, 0) is 19.8 Å². The van der Waals surface area contributed by atoms with Crippen LogP contribution in [0.15, 0.2) is 12.2 Å². The fraction of sp³-hybridized carbons (Fsp3) is 0.600. The van der Waals surface area contributed by atoms with Gasteiger partial charge >= 0.3 is 11.9 Å². The molecule has 0 radical (unpaired) electrons. The molecule has 0 fully saturated rings. The van der Waals surface area contributed by atoms with E-state index in [4.69, 9.17) is 10.2 Å². The summed E-state index contributed by atoms with van der Waals surface area (Å²) >= 11 is 0. The van der Waals surface area contributed by atoms with E-state index < -0.39 is 23.8 Å². The maximum absolute atomic E-state index is 10.8. The van der Waals surface area contributed by atoms with Crippen LogP contribution in [-0.2, 0) is 9.59 Å². The van der Waals surface area contributed by atoms with Gasteiger partial charge in [0.2, 0.25) is 0 Å². The number of carbonyl (C=O) groups is 2. The second kappa shape index (κ2) is 6.18. The molecule has 0 aliphatic heterocycles. The molecule has 4 nitrogen and oxygen atoms in total. The van der Waals surface area contributed by atoms with Crippen LogP contribution in [0, 0.1) is 11.8 Å². The van der Waals surface area contributed by atoms with Crippen LogP contribution in [0.3, 0.4) is 0 Å². The highest BCUT2D eigenvalue weighted by Gasteiger charge is 2.28. The number of hydrogen-bond acceptors (Lipinski definition) is 2. The van der Waals surface area contributed by atoms with E-state index in [0.29, 0.717) is 12.8 Å². The minimum atomic E-state index is -1.06. The highest BCUT2D eigenvalue weighted by molar-refractivity contribution is 5.79. The first kappa shape index (κ1) is 12.7. The number of allylic oxidation sites excluding steroid dienone is 2. The molecule has 2 unspecified atom stereocenters. The molecule has 0 aromatic carbocycles. The van der Waals surface area contributed by atoms with Crippen molar-refractivity contribution >= 4 is 11.9 Å². The Morgan fingerprint density at radius 2 is 1.86 bits per heavy atom. The SMILES string of the molecule is CC=CCCC(C(=O)O)C(C)C(=O)O. The molecule has 4 heteroatoms. The first-order chi connectivity index (χ1) is 6.50. The van der Waals surface area contributed by atoms with E-state index in [-0.39, 0.29) is 0 Å². The van der Waals surface area contributed by atoms with E-state index in [1.165, 1.54) is 6.92 Å². The van der Waals surface area contributed by atoms with E-state index in [9.17, 15) is 9.59 Å². The maximum atomic E-state index is 10.8. The van der Waals surface area contributed by atoms with Crippen molar-refractivity contribution in [1.29, 1.82) is 0 Å². The van der Waals surface area contributed by atoms with E-state index in [2.05, 4.69) is 0 Å². The molecule has 80 valence electrons. The van der Waals surface area contributed by atoms with Crippen LogP contribution >= 0.6 is 0 Å². The molecule has 14 heavy (non-hydrogen) atoms. The normalized spacial score (nSPS) is 15.3. The van der Waals surface area contributed by atoms with E-state index in [0.717, 1.165) is 0 Å². The van der Waals surface area contributed by atoms with Crippen molar-refractivity contribution in [1.82, 2.24) is 0 Å². The second-order valence-corrected chi connectivity index (χ2v) is 3.22. The molecule has 2 N–H and O–H groups in total. The highest BCUT2D eigenvalue weighted by Crippen LogP contribution is 2.18. The van der Waals surface area contributed by atoms with Gasteiger partial charge in [0.15, 0.2) is 0 Å². The Morgan fingerprint density at radius 3 is 2.21 bits per heavy atom. The molecule has 0 saturated heterocycles. The summed E-state index contributed by atoms with van der Waals surface area (Å²) in [6.07, 6.45) is 4.63. The zero-order valence-electron chi connectivity index (χ0n) is 8.43. The van der Waals surface area contributed by atoms with Crippen LogP contribution in [-0.4, -0.2) is 22.2 Å². The van der Waals surface area contributed by atoms with Crippen molar-refractivity contribution in [2.75, 3.05) is 0 Å². The molecule has 0 heterocycles. The van der Waals surface area contributed by atoms with Crippen LogP contribution in [0.2, 0.25) is 0 Å². The zero-order valence-corrected chi connectivity index (χ0v) is 8.43. The molecule has 0 bridgehead atoms. The van der Waals surface area contributed by atoms with Gasteiger partial charge in [0, 0.05) is 0 Å². The smallest absolute Gasteiger partial charge is 0.307 e. The van der Waals surface area contributed by atoms with E-state index >= 15 is 0 Å². The van der Waals surface area contributed by atoms with Gasteiger partial charge in [0.1, 0.15) is 0 Å². The van der Waals surface area contributed by atoms with Gasteiger partial charge in [0.25, 0.3) is 0 Å². The minimum Gasteiger partial charge on any atom is -0.481 e. The molecule has 0 amide bonds. The first-order valence-corrected chi connectivity index (χ1v) is 4.57. The Kier molecular flexibility index (Phi) is 5.60. The van der Waals surface area contributed by atoms with Gasteiger partial charge in [-0.3, -0.25) is 9.59 Å². The maximum Gasteiger partial charge on any atom is 0.307 e. The Bertz CT molecular complexity index is 232. The van der Waals surface area contributed by atoms with Crippen molar-refractivity contribution in [3.05, 3.63) is 12.2 Å². The Morgan fingerprint density at radius 1 is 1.29 bits per heavy atom. The lowest BCUT2D eigenvalue weighted by atomic mass is 9.90. The second-order valence-electron chi connectivity index (χ2n) is 3.22. The molecule has 0 rings (SSSR count). The largest absolute Gasteiger partial charge is 0.481 e. The Balaban J connectivity index is 4.29. The quantitative estimate of drug-likeness (QED) is 0.641. The summed E-state index contributed by atoms with van der Waals surface area (Å²) in [4.78, 5) is 21.3. The van der Waals surface area contributed by atoms with Crippen molar-refractivity contribution < 1.29 is 19.8 Å². The molecular weight excluding hydrogens is 184 g/mol. The Hall–Kier alpha value is -1.32. The zero-order chi connectivity index (χ0) is 11.1. The monoisotopic (exact) mass is 200 g/mol. The number of aliphatic carboxylic acids is 2. The number of carboxylic acids is 2. The third kappa shape index (κ3) is 4.07. The molecule has 0 aliphatic carbocycles. The van der Waals surface area contributed by atoms with Crippen molar-refractivity contribution in [3.63, 3.8) is 0 Å². The summed E-state index contributed by atoms with van der Waals surface area (Å²) in [7, 11) is 0. The predicted molar refractivity (Wildman–Crippen MR) is 52.0 cm³/mol. The van der Waals surface area contributed by atoms with Gasteiger partial charge < -0.3 is 10.2 Å². The predicted octanol–water partition coefficient (Wildman–Crippen LogP) is 1.76. The molecule has 2 atom stereocenters. The van der Waals surface area contributed by atoms with E-state index in [1.807, 2.05) is 19.1 Å². The number of rotatable bonds is 6. The third-order valence-electron chi connectivity index (χ3n) is 2.19. The highest BCUT2D eigenvalue weighted by atomic mass is 16.4. The summed E-state index contributed by atoms with van der Waals surface area (Å²) in [5, 5.41) is 17.5. The average molecular weight is 200 g/mol. The van der Waals surface area contributed by atoms with Crippen molar-refractivity contribution in [3.8, 4) is 0 Å². The number of carboxylic acid groups (broad SMARTS) is 2. The molecule has 0 aromatic rings. The third-order valence-corrected chi connectivity index (χ3v) is 2.19. The average Bonchev–Trinajstić information content (AvgIpc) is 2.10. The van der Waals surface area contributed by atoms with Gasteiger partial charge in [-0.25, -0.2) is 0 Å². The molecular formula is C10H16O4. The molecule has 0 aliphatic rings. The van der Waals surface area contributed by atoms with Gasteiger partial charge in [0.05, 0.1) is 11.8 Å². The van der Waals surface area contributed by atoms with Crippen molar-refractivity contribution in [2.24, 2.45) is 11.8 Å². The van der Waals surface area contributed by atoms with Crippen LogP contribution in [0.1, 0.15) is 26.7 Å². The minimum absolute atomic E-state index is 0.368. The summed E-state index contributed by atoms with van der Waals surface area (Å²) in [6.45, 7) is 3.27. The van der Waals surface area contributed by atoms with Crippen LogP contribution < -0.4 is 0 Å². The lowest BCUT2D eigenvalue weighted by Gasteiger charge is -2.15. The van der Waals surface area contributed by atoms with E-state index in [1.54, 1.807) is 0 Å². The molecule has 0 aromatic heterocycles. The van der Waals surface area contributed by atoms with Crippen LogP contribution in [0.4, 0.5) is 0 Å².